The maximum Gasteiger partial charge on any atom is 0.319 e. The first-order valence-corrected chi connectivity index (χ1v) is 6.98. The van der Waals surface area contributed by atoms with Crippen LogP contribution in [0.1, 0.15) is 26.3 Å². The lowest BCUT2D eigenvalue weighted by atomic mass is 9.89. The van der Waals surface area contributed by atoms with Crippen LogP contribution in [0.25, 0.3) is 0 Å². The lowest BCUT2D eigenvalue weighted by Gasteiger charge is -2.25. The topological polar surface area (TPSA) is 61.4 Å². The van der Waals surface area contributed by atoms with Gasteiger partial charge in [0.2, 0.25) is 0 Å². The van der Waals surface area contributed by atoms with Crippen molar-refractivity contribution in [1.82, 2.24) is 5.32 Å². The van der Waals surface area contributed by atoms with Gasteiger partial charge in [-0.25, -0.2) is 4.79 Å². The molecule has 1 aromatic carbocycles. The van der Waals surface area contributed by atoms with Crippen molar-refractivity contribution < 1.29 is 9.90 Å². The van der Waals surface area contributed by atoms with Crippen LogP contribution in [0.3, 0.4) is 0 Å². The SMILES string of the molecule is Cc1ccc(NC(=O)NCC(O)C(C)(C)C)c(Br)c1. The number of aryl methyl sites for hydroxylation is 1. The molecular weight excluding hydrogens is 308 g/mol. The zero-order valence-electron chi connectivity index (χ0n) is 11.7. The molecule has 3 N–H and O–H groups in total. The summed E-state index contributed by atoms with van der Waals surface area (Å²) in [6.45, 7) is 7.97. The van der Waals surface area contributed by atoms with Crippen molar-refractivity contribution in [2.75, 3.05) is 11.9 Å². The Bertz CT molecular complexity index is 455. The van der Waals surface area contributed by atoms with E-state index in [2.05, 4.69) is 26.6 Å². The molecule has 4 nitrogen and oxygen atoms in total. The molecule has 5 heteroatoms. The molecule has 0 fully saturated rings. The van der Waals surface area contributed by atoms with Crippen molar-refractivity contribution in [2.24, 2.45) is 5.41 Å². The molecule has 0 aliphatic rings. The Morgan fingerprint density at radius 2 is 2.05 bits per heavy atom. The minimum absolute atomic E-state index is 0.221. The third-order valence-electron chi connectivity index (χ3n) is 2.83. The average Bonchev–Trinajstić information content (AvgIpc) is 2.28. The molecule has 0 aromatic heterocycles. The number of anilines is 1. The van der Waals surface area contributed by atoms with Gasteiger partial charge < -0.3 is 15.7 Å². The van der Waals surface area contributed by atoms with E-state index < -0.39 is 6.10 Å². The van der Waals surface area contributed by atoms with Crippen molar-refractivity contribution in [3.63, 3.8) is 0 Å². The number of hydrogen-bond donors (Lipinski definition) is 3. The summed E-state index contributed by atoms with van der Waals surface area (Å²) in [4.78, 5) is 11.7. The second-order valence-electron chi connectivity index (χ2n) is 5.70. The summed E-state index contributed by atoms with van der Waals surface area (Å²) in [6.07, 6.45) is -0.584. The van der Waals surface area contributed by atoms with E-state index >= 15 is 0 Å². The van der Waals surface area contributed by atoms with E-state index in [1.54, 1.807) is 0 Å². The predicted molar refractivity (Wildman–Crippen MR) is 81.4 cm³/mol. The van der Waals surface area contributed by atoms with Gasteiger partial charge in [0, 0.05) is 11.0 Å². The number of halogens is 1. The van der Waals surface area contributed by atoms with E-state index in [1.165, 1.54) is 0 Å². The van der Waals surface area contributed by atoms with Gasteiger partial charge in [-0.1, -0.05) is 26.8 Å². The fourth-order valence-electron chi connectivity index (χ4n) is 1.38. The van der Waals surface area contributed by atoms with Gasteiger partial charge in [0.15, 0.2) is 0 Å². The van der Waals surface area contributed by atoms with Crippen LogP contribution in [0.2, 0.25) is 0 Å². The fraction of sp³-hybridized carbons (Fsp3) is 0.500. The van der Waals surface area contributed by atoms with Crippen LogP contribution in [-0.2, 0) is 0 Å². The monoisotopic (exact) mass is 328 g/mol. The summed E-state index contributed by atoms with van der Waals surface area (Å²) in [5.74, 6) is 0. The molecule has 1 unspecified atom stereocenters. The van der Waals surface area contributed by atoms with Crippen molar-refractivity contribution >= 4 is 27.6 Å². The van der Waals surface area contributed by atoms with E-state index in [4.69, 9.17) is 0 Å². The lowest BCUT2D eigenvalue weighted by molar-refractivity contribution is 0.0654. The molecule has 0 radical (unpaired) electrons. The number of hydrogen-bond acceptors (Lipinski definition) is 2. The normalized spacial score (nSPS) is 12.9. The molecule has 0 saturated heterocycles. The maximum absolute atomic E-state index is 11.7. The first-order valence-electron chi connectivity index (χ1n) is 6.19. The first kappa shape index (κ1) is 16.0. The van der Waals surface area contributed by atoms with Crippen molar-refractivity contribution in [1.29, 1.82) is 0 Å². The third-order valence-corrected chi connectivity index (χ3v) is 3.48. The number of rotatable bonds is 3. The summed E-state index contributed by atoms with van der Waals surface area (Å²) < 4.78 is 0.832. The third kappa shape index (κ3) is 5.20. The number of amides is 2. The second kappa shape index (κ2) is 6.39. The quantitative estimate of drug-likeness (QED) is 0.797. The molecule has 2 amide bonds. The average molecular weight is 329 g/mol. The Balaban J connectivity index is 2.52. The summed E-state index contributed by atoms with van der Waals surface area (Å²) in [7, 11) is 0. The van der Waals surface area contributed by atoms with Crippen molar-refractivity contribution in [3.8, 4) is 0 Å². The molecule has 0 aliphatic carbocycles. The molecule has 1 rings (SSSR count). The Morgan fingerprint density at radius 3 is 2.58 bits per heavy atom. The van der Waals surface area contributed by atoms with Crippen LogP contribution in [0.15, 0.2) is 22.7 Å². The summed E-state index contributed by atoms with van der Waals surface area (Å²) in [6, 6.07) is 5.36. The predicted octanol–water partition coefficient (Wildman–Crippen LogP) is 3.29. The first-order chi connectivity index (χ1) is 8.70. The van der Waals surface area contributed by atoms with E-state index in [0.29, 0.717) is 5.69 Å². The van der Waals surface area contributed by atoms with E-state index in [9.17, 15) is 9.90 Å². The van der Waals surface area contributed by atoms with E-state index in [0.717, 1.165) is 10.0 Å². The van der Waals surface area contributed by atoms with Crippen LogP contribution < -0.4 is 10.6 Å². The van der Waals surface area contributed by atoms with Gasteiger partial charge in [-0.05, 0) is 46.0 Å². The molecule has 0 aliphatic heterocycles. The Kier molecular flexibility index (Phi) is 5.38. The van der Waals surface area contributed by atoms with Gasteiger partial charge >= 0.3 is 6.03 Å². The standard InChI is InChI=1S/C14H21BrN2O2/c1-9-5-6-11(10(15)7-9)17-13(19)16-8-12(18)14(2,3)4/h5-7,12,18H,8H2,1-4H3,(H2,16,17,19). The largest absolute Gasteiger partial charge is 0.391 e. The van der Waals surface area contributed by atoms with Crippen molar-refractivity contribution in [2.45, 2.75) is 33.8 Å². The number of aliphatic hydroxyl groups excluding tert-OH is 1. The highest BCUT2D eigenvalue weighted by Crippen LogP contribution is 2.23. The Labute approximate surface area is 122 Å². The van der Waals surface area contributed by atoms with Crippen LogP contribution in [0, 0.1) is 12.3 Å². The summed E-state index contributed by atoms with van der Waals surface area (Å²) in [5, 5.41) is 15.2. The van der Waals surface area contributed by atoms with Crippen LogP contribution in [0.5, 0.6) is 0 Å². The van der Waals surface area contributed by atoms with Gasteiger partial charge in [-0.3, -0.25) is 0 Å². The zero-order chi connectivity index (χ0) is 14.6. The van der Waals surface area contributed by atoms with Gasteiger partial charge in [0.25, 0.3) is 0 Å². The molecule has 1 aromatic rings. The van der Waals surface area contributed by atoms with Gasteiger partial charge in [-0.15, -0.1) is 0 Å². The maximum atomic E-state index is 11.7. The van der Waals surface area contributed by atoms with Gasteiger partial charge in [0.1, 0.15) is 0 Å². The zero-order valence-corrected chi connectivity index (χ0v) is 13.3. The highest BCUT2D eigenvalue weighted by molar-refractivity contribution is 9.10. The summed E-state index contributed by atoms with van der Waals surface area (Å²) in [5.41, 5.74) is 1.56. The Morgan fingerprint density at radius 1 is 1.42 bits per heavy atom. The second-order valence-corrected chi connectivity index (χ2v) is 6.55. The van der Waals surface area contributed by atoms with Gasteiger partial charge in [0.05, 0.1) is 11.8 Å². The molecule has 1 atom stereocenters. The molecule has 19 heavy (non-hydrogen) atoms. The molecule has 0 saturated carbocycles. The summed E-state index contributed by atoms with van der Waals surface area (Å²) >= 11 is 3.40. The number of carbonyl (C=O) groups excluding carboxylic acids is 1. The number of nitrogens with one attached hydrogen (secondary N) is 2. The molecule has 0 heterocycles. The van der Waals surface area contributed by atoms with E-state index in [1.807, 2.05) is 45.9 Å². The molecule has 106 valence electrons. The number of carbonyl (C=O) groups is 1. The molecule has 0 spiro atoms. The van der Waals surface area contributed by atoms with Crippen molar-refractivity contribution in [3.05, 3.63) is 28.2 Å². The smallest absolute Gasteiger partial charge is 0.319 e. The lowest BCUT2D eigenvalue weighted by Crippen LogP contribution is -2.40. The molecule has 0 bridgehead atoms. The Hall–Kier alpha value is -1.07. The van der Waals surface area contributed by atoms with E-state index in [-0.39, 0.29) is 18.0 Å². The van der Waals surface area contributed by atoms with Crippen LogP contribution >= 0.6 is 15.9 Å². The minimum atomic E-state index is -0.584. The van der Waals surface area contributed by atoms with Crippen LogP contribution in [0.4, 0.5) is 10.5 Å². The fourth-order valence-corrected chi connectivity index (χ4v) is 1.98. The number of benzene rings is 1. The van der Waals surface area contributed by atoms with Gasteiger partial charge in [-0.2, -0.15) is 0 Å². The molecular formula is C14H21BrN2O2. The number of urea groups is 1. The highest BCUT2D eigenvalue weighted by Gasteiger charge is 2.22. The minimum Gasteiger partial charge on any atom is -0.391 e. The number of aliphatic hydroxyl groups is 1. The highest BCUT2D eigenvalue weighted by atomic mass is 79.9. The van der Waals surface area contributed by atoms with Crippen LogP contribution in [-0.4, -0.2) is 23.8 Å².